The van der Waals surface area contributed by atoms with Crippen molar-refractivity contribution in [3.63, 3.8) is 0 Å². The number of halogens is 2. The summed E-state index contributed by atoms with van der Waals surface area (Å²) in [6.45, 7) is 0. The van der Waals surface area contributed by atoms with Crippen LogP contribution in [0, 0.1) is 21.7 Å². The van der Waals surface area contributed by atoms with E-state index in [1.807, 2.05) is 0 Å². The lowest BCUT2D eigenvalue weighted by molar-refractivity contribution is -0.384. The van der Waals surface area contributed by atoms with Gasteiger partial charge < -0.3 is 4.98 Å². The summed E-state index contributed by atoms with van der Waals surface area (Å²) in [5, 5.41) is 10.7. The summed E-state index contributed by atoms with van der Waals surface area (Å²) in [7, 11) is 0. The largest absolute Gasteiger partial charge is 0.341 e. The summed E-state index contributed by atoms with van der Waals surface area (Å²) in [5.74, 6) is -0.774. The first-order valence-corrected chi connectivity index (χ1v) is 7.22. The van der Waals surface area contributed by atoms with Gasteiger partial charge in [-0.1, -0.05) is 0 Å². The van der Waals surface area contributed by atoms with Gasteiger partial charge in [-0.15, -0.1) is 11.8 Å². The molecular weight excluding hydrogens is 312 g/mol. The van der Waals surface area contributed by atoms with E-state index in [-0.39, 0.29) is 5.69 Å². The zero-order chi connectivity index (χ0) is 15.7. The molecule has 0 radical (unpaired) electrons. The van der Waals surface area contributed by atoms with Crippen LogP contribution in [0.15, 0.2) is 41.3 Å². The van der Waals surface area contributed by atoms with Gasteiger partial charge in [-0.25, -0.2) is 13.8 Å². The van der Waals surface area contributed by atoms with Crippen LogP contribution in [-0.4, -0.2) is 14.9 Å². The Kier molecular flexibility index (Phi) is 3.76. The summed E-state index contributed by atoms with van der Waals surface area (Å²) in [4.78, 5) is 18.1. The molecule has 0 aliphatic rings. The third-order valence-electron chi connectivity index (χ3n) is 2.99. The number of nitro groups is 1. The highest BCUT2D eigenvalue weighted by molar-refractivity contribution is 7.98. The fourth-order valence-electron chi connectivity index (χ4n) is 1.95. The Morgan fingerprint density at radius 2 is 2.00 bits per heavy atom. The van der Waals surface area contributed by atoms with Crippen molar-refractivity contribution >= 4 is 28.5 Å². The van der Waals surface area contributed by atoms with Crippen LogP contribution >= 0.6 is 11.8 Å². The molecule has 0 fully saturated rings. The number of hydrogen-bond acceptors (Lipinski definition) is 4. The van der Waals surface area contributed by atoms with Crippen molar-refractivity contribution in [1.29, 1.82) is 0 Å². The zero-order valence-electron chi connectivity index (χ0n) is 11.0. The number of nitrogens with one attached hydrogen (secondary N) is 1. The number of aromatic amines is 1. The molecular formula is C14H9F2N3O2S. The minimum Gasteiger partial charge on any atom is -0.341 e. The molecule has 1 aromatic heterocycles. The molecule has 0 bridgehead atoms. The molecule has 1 N–H and O–H groups in total. The van der Waals surface area contributed by atoms with Crippen LogP contribution in [0.1, 0.15) is 5.82 Å². The van der Waals surface area contributed by atoms with Gasteiger partial charge in [0.2, 0.25) is 0 Å². The molecule has 0 aliphatic carbocycles. The van der Waals surface area contributed by atoms with Gasteiger partial charge in [0.25, 0.3) is 5.69 Å². The van der Waals surface area contributed by atoms with Crippen molar-refractivity contribution in [2.24, 2.45) is 0 Å². The number of thioether (sulfide) groups is 1. The average molecular weight is 321 g/mol. The molecule has 0 aliphatic heterocycles. The van der Waals surface area contributed by atoms with Gasteiger partial charge >= 0.3 is 0 Å². The third-order valence-corrected chi connectivity index (χ3v) is 4.00. The van der Waals surface area contributed by atoms with E-state index in [1.165, 1.54) is 30.0 Å². The second-order valence-corrected chi connectivity index (χ2v) is 5.56. The number of non-ortho nitro benzene ring substituents is 1. The number of fused-ring (bicyclic) bond motifs is 1. The number of benzene rings is 2. The number of nitro benzene ring substituents is 1. The van der Waals surface area contributed by atoms with Gasteiger partial charge in [-0.05, 0) is 24.3 Å². The van der Waals surface area contributed by atoms with Crippen LogP contribution < -0.4 is 0 Å². The fraction of sp³-hybridized carbons (Fsp3) is 0.0714. The van der Waals surface area contributed by atoms with Crippen LogP contribution in [0.3, 0.4) is 0 Å². The molecule has 3 rings (SSSR count). The van der Waals surface area contributed by atoms with Gasteiger partial charge in [0.1, 0.15) is 5.82 Å². The van der Waals surface area contributed by atoms with Crippen molar-refractivity contribution in [2.45, 2.75) is 10.6 Å². The SMILES string of the molecule is O=[N+]([O-])c1ccc2nc(CSc3ccc(F)c(F)c3)[nH]c2c1. The van der Waals surface area contributed by atoms with E-state index in [4.69, 9.17) is 0 Å². The van der Waals surface area contributed by atoms with Crippen molar-refractivity contribution in [3.05, 3.63) is 64.0 Å². The molecule has 0 saturated carbocycles. The van der Waals surface area contributed by atoms with E-state index in [2.05, 4.69) is 9.97 Å². The fourth-order valence-corrected chi connectivity index (χ4v) is 2.74. The smallest absolute Gasteiger partial charge is 0.271 e. The van der Waals surface area contributed by atoms with Crippen LogP contribution in [-0.2, 0) is 5.75 Å². The summed E-state index contributed by atoms with van der Waals surface area (Å²) in [6.07, 6.45) is 0. The summed E-state index contributed by atoms with van der Waals surface area (Å²) in [6, 6.07) is 8.03. The molecule has 1 heterocycles. The second-order valence-electron chi connectivity index (χ2n) is 4.51. The zero-order valence-corrected chi connectivity index (χ0v) is 11.9. The Balaban J connectivity index is 1.79. The van der Waals surface area contributed by atoms with Gasteiger partial charge in [0.05, 0.1) is 21.7 Å². The van der Waals surface area contributed by atoms with E-state index in [1.54, 1.807) is 6.07 Å². The molecule has 0 unspecified atom stereocenters. The predicted octanol–water partition coefficient (Wildman–Crippen LogP) is 4.04. The lowest BCUT2D eigenvalue weighted by Crippen LogP contribution is -1.86. The number of hydrogen-bond donors (Lipinski definition) is 1. The highest BCUT2D eigenvalue weighted by atomic mass is 32.2. The predicted molar refractivity (Wildman–Crippen MR) is 78.7 cm³/mol. The summed E-state index contributed by atoms with van der Waals surface area (Å²) in [5.41, 5.74) is 1.16. The minimum atomic E-state index is -0.898. The quantitative estimate of drug-likeness (QED) is 0.447. The highest BCUT2D eigenvalue weighted by Crippen LogP contribution is 2.25. The topological polar surface area (TPSA) is 71.8 Å². The normalized spacial score (nSPS) is 11.0. The third kappa shape index (κ3) is 2.91. The van der Waals surface area contributed by atoms with Crippen molar-refractivity contribution < 1.29 is 13.7 Å². The van der Waals surface area contributed by atoms with Gasteiger partial charge in [-0.2, -0.15) is 0 Å². The van der Waals surface area contributed by atoms with Crippen LogP contribution in [0.2, 0.25) is 0 Å². The number of imidazole rings is 1. The monoisotopic (exact) mass is 321 g/mol. The van der Waals surface area contributed by atoms with Crippen molar-refractivity contribution in [2.75, 3.05) is 0 Å². The standard InChI is InChI=1S/C14H9F2N3O2S/c15-10-3-2-9(6-11(10)16)22-7-14-17-12-4-1-8(19(20)21)5-13(12)18-14/h1-6H,7H2,(H,17,18). The van der Waals surface area contributed by atoms with E-state index in [0.717, 1.165) is 12.1 Å². The number of nitrogens with zero attached hydrogens (tertiary/aromatic N) is 2. The first kappa shape index (κ1) is 14.5. The molecule has 8 heteroatoms. The Morgan fingerprint density at radius 3 is 2.73 bits per heavy atom. The van der Waals surface area contributed by atoms with Gasteiger partial charge in [0, 0.05) is 17.0 Å². The Bertz CT molecular complexity index is 866. The average Bonchev–Trinajstić information content (AvgIpc) is 2.90. The van der Waals surface area contributed by atoms with Gasteiger partial charge in [0.15, 0.2) is 11.6 Å². The minimum absolute atomic E-state index is 0.0176. The van der Waals surface area contributed by atoms with E-state index in [9.17, 15) is 18.9 Å². The first-order chi connectivity index (χ1) is 10.5. The van der Waals surface area contributed by atoms with Crippen LogP contribution in [0.5, 0.6) is 0 Å². The Morgan fingerprint density at radius 1 is 1.18 bits per heavy atom. The van der Waals surface area contributed by atoms with E-state index >= 15 is 0 Å². The molecule has 5 nitrogen and oxygen atoms in total. The van der Waals surface area contributed by atoms with E-state index < -0.39 is 16.6 Å². The van der Waals surface area contributed by atoms with Gasteiger partial charge in [-0.3, -0.25) is 10.1 Å². The lowest BCUT2D eigenvalue weighted by Gasteiger charge is -2.00. The maximum atomic E-state index is 13.1. The van der Waals surface area contributed by atoms with Crippen LogP contribution in [0.4, 0.5) is 14.5 Å². The Hall–Kier alpha value is -2.48. The maximum absolute atomic E-state index is 13.1. The van der Waals surface area contributed by atoms with Crippen molar-refractivity contribution in [1.82, 2.24) is 9.97 Å². The number of H-pyrrole nitrogens is 1. The van der Waals surface area contributed by atoms with E-state index in [0.29, 0.717) is 27.5 Å². The number of rotatable bonds is 4. The van der Waals surface area contributed by atoms with Crippen molar-refractivity contribution in [3.8, 4) is 0 Å². The number of aromatic nitrogens is 2. The second kappa shape index (κ2) is 5.72. The Labute approximate surface area is 127 Å². The highest BCUT2D eigenvalue weighted by Gasteiger charge is 2.10. The molecule has 0 amide bonds. The molecule has 0 atom stereocenters. The molecule has 0 saturated heterocycles. The first-order valence-electron chi connectivity index (χ1n) is 6.24. The molecule has 3 aromatic rings. The summed E-state index contributed by atoms with van der Waals surface area (Å²) < 4.78 is 26.0. The van der Waals surface area contributed by atoms with Crippen LogP contribution in [0.25, 0.3) is 11.0 Å². The maximum Gasteiger partial charge on any atom is 0.271 e. The molecule has 22 heavy (non-hydrogen) atoms. The summed E-state index contributed by atoms with van der Waals surface area (Å²) >= 11 is 1.29. The molecule has 112 valence electrons. The molecule has 0 spiro atoms. The molecule has 2 aromatic carbocycles. The lowest BCUT2D eigenvalue weighted by atomic mass is 10.3.